The van der Waals surface area contributed by atoms with Crippen LogP contribution in [0.15, 0.2) is 60.7 Å². The van der Waals surface area contributed by atoms with Gasteiger partial charge in [-0.25, -0.2) is 0 Å². The van der Waals surface area contributed by atoms with Crippen molar-refractivity contribution in [2.45, 2.75) is 91.4 Å². The van der Waals surface area contributed by atoms with Crippen LogP contribution in [0.1, 0.15) is 91.4 Å². The molecule has 0 aliphatic carbocycles. The van der Waals surface area contributed by atoms with Gasteiger partial charge in [0.15, 0.2) is 0 Å². The molecule has 31 heavy (non-hydrogen) atoms. The number of nitrogens with one attached hydrogen (secondary N) is 1. The number of hydroxylamine groups is 2. The minimum atomic E-state index is -0.343. The number of benzene rings is 2. The Balaban J connectivity index is 2.11. The fourth-order valence-electron chi connectivity index (χ4n) is 4.36. The minimum Gasteiger partial charge on any atom is -0.313 e. The van der Waals surface area contributed by atoms with Crippen LogP contribution in [-0.4, -0.2) is 21.3 Å². The second kappa shape index (κ2) is 10.8. The van der Waals surface area contributed by atoms with Gasteiger partial charge < -0.3 is 10.5 Å². The highest BCUT2D eigenvalue weighted by molar-refractivity contribution is 5.21. The van der Waals surface area contributed by atoms with Crippen molar-refractivity contribution < 1.29 is 5.21 Å². The summed E-state index contributed by atoms with van der Waals surface area (Å²) < 4.78 is 0. The average molecular weight is 425 g/mol. The minimum absolute atomic E-state index is 0.0278. The Bertz CT molecular complexity index is 768. The summed E-state index contributed by atoms with van der Waals surface area (Å²) in [7, 11) is 0. The maximum Gasteiger partial charge on any atom is 0.0628 e. The van der Waals surface area contributed by atoms with E-state index in [1.165, 1.54) is 5.56 Å². The summed E-state index contributed by atoms with van der Waals surface area (Å²) in [5.41, 5.74) is 2.10. The molecular weight excluding hydrogens is 380 g/mol. The normalized spacial score (nSPS) is 15.0. The molecule has 0 spiro atoms. The SMILES string of the molecule is CC(C)C(NC(C)(C)CCC(C)(C)N(O)C(c1ccccc1)C(C)C)c1ccccc1. The number of rotatable bonds is 11. The van der Waals surface area contributed by atoms with Gasteiger partial charge in [0.1, 0.15) is 0 Å². The van der Waals surface area contributed by atoms with Gasteiger partial charge in [0.25, 0.3) is 0 Å². The lowest BCUT2D eigenvalue weighted by atomic mass is 9.84. The second-order valence-corrected chi connectivity index (χ2v) is 10.9. The molecule has 0 saturated carbocycles. The molecule has 0 saturated heterocycles. The molecular formula is C28H44N2O. The van der Waals surface area contributed by atoms with Crippen LogP contribution in [0.4, 0.5) is 0 Å². The number of nitrogens with zero attached hydrogens (tertiary/aromatic N) is 1. The number of hydrogen-bond acceptors (Lipinski definition) is 3. The Kier molecular flexibility index (Phi) is 8.88. The molecule has 0 radical (unpaired) electrons. The molecule has 2 aromatic carbocycles. The summed E-state index contributed by atoms with van der Waals surface area (Å²) in [6, 6.07) is 21.3. The van der Waals surface area contributed by atoms with E-state index in [2.05, 4.69) is 103 Å². The third kappa shape index (κ3) is 7.17. The third-order valence-corrected chi connectivity index (χ3v) is 6.39. The zero-order valence-electron chi connectivity index (χ0n) is 20.9. The fraction of sp³-hybridized carbons (Fsp3) is 0.571. The topological polar surface area (TPSA) is 35.5 Å². The Hall–Kier alpha value is -1.68. The van der Waals surface area contributed by atoms with Crippen LogP contribution in [0.3, 0.4) is 0 Å². The molecule has 0 heterocycles. The first-order chi connectivity index (χ1) is 14.4. The van der Waals surface area contributed by atoms with Gasteiger partial charge in [0.05, 0.1) is 6.04 Å². The monoisotopic (exact) mass is 424 g/mol. The van der Waals surface area contributed by atoms with Crippen LogP contribution < -0.4 is 5.32 Å². The van der Waals surface area contributed by atoms with Gasteiger partial charge in [0.2, 0.25) is 0 Å². The Morgan fingerprint density at radius 1 is 0.742 bits per heavy atom. The van der Waals surface area contributed by atoms with Crippen LogP contribution in [0.5, 0.6) is 0 Å². The smallest absolute Gasteiger partial charge is 0.0628 e. The Labute approximate surface area is 190 Å². The van der Waals surface area contributed by atoms with E-state index >= 15 is 0 Å². The Morgan fingerprint density at radius 2 is 1.23 bits per heavy atom. The van der Waals surface area contributed by atoms with Crippen molar-refractivity contribution in [2.75, 3.05) is 0 Å². The summed E-state index contributed by atoms with van der Waals surface area (Å²) in [5, 5.41) is 16.8. The molecule has 2 aromatic rings. The number of hydrogen-bond donors (Lipinski definition) is 2. The van der Waals surface area contributed by atoms with Crippen molar-refractivity contribution in [2.24, 2.45) is 11.8 Å². The predicted molar refractivity (Wildman–Crippen MR) is 132 cm³/mol. The first-order valence-electron chi connectivity index (χ1n) is 11.8. The highest BCUT2D eigenvalue weighted by Gasteiger charge is 2.36. The van der Waals surface area contributed by atoms with Gasteiger partial charge >= 0.3 is 0 Å². The maximum atomic E-state index is 11.3. The highest BCUT2D eigenvalue weighted by Crippen LogP contribution is 2.36. The van der Waals surface area contributed by atoms with Gasteiger partial charge in [-0.15, -0.1) is 0 Å². The Morgan fingerprint density at radius 3 is 1.68 bits per heavy atom. The quantitative estimate of drug-likeness (QED) is 0.369. The van der Waals surface area contributed by atoms with Gasteiger partial charge in [-0.3, -0.25) is 0 Å². The molecule has 2 rings (SSSR count). The lowest BCUT2D eigenvalue weighted by Crippen LogP contribution is -2.49. The third-order valence-electron chi connectivity index (χ3n) is 6.39. The zero-order chi connectivity index (χ0) is 23.2. The van der Waals surface area contributed by atoms with Gasteiger partial charge in [-0.2, -0.15) is 5.06 Å². The first kappa shape index (κ1) is 25.6. The molecule has 2 N–H and O–H groups in total. The lowest BCUT2D eigenvalue weighted by Gasteiger charge is -2.43. The molecule has 3 heteroatoms. The first-order valence-corrected chi connectivity index (χ1v) is 11.8. The van der Waals surface area contributed by atoms with Crippen molar-refractivity contribution in [3.8, 4) is 0 Å². The molecule has 2 unspecified atom stereocenters. The maximum absolute atomic E-state index is 11.3. The van der Waals surface area contributed by atoms with E-state index in [-0.39, 0.29) is 17.1 Å². The van der Waals surface area contributed by atoms with Crippen LogP contribution in [0.2, 0.25) is 0 Å². The van der Waals surface area contributed by atoms with Crippen molar-refractivity contribution in [3.05, 3.63) is 71.8 Å². The van der Waals surface area contributed by atoms with Gasteiger partial charge in [-0.05, 0) is 63.5 Å². The van der Waals surface area contributed by atoms with Gasteiger partial charge in [0, 0.05) is 17.1 Å². The molecule has 3 nitrogen and oxygen atoms in total. The van der Waals surface area contributed by atoms with Gasteiger partial charge in [-0.1, -0.05) is 88.4 Å². The molecule has 0 amide bonds. The molecule has 0 aliphatic heterocycles. The van der Waals surface area contributed by atoms with Crippen molar-refractivity contribution in [3.63, 3.8) is 0 Å². The summed E-state index contributed by atoms with van der Waals surface area (Å²) in [4.78, 5) is 0. The molecule has 0 aromatic heterocycles. The molecule has 0 fully saturated rings. The summed E-state index contributed by atoms with van der Waals surface area (Å²) in [5.74, 6) is 0.800. The van der Waals surface area contributed by atoms with E-state index in [4.69, 9.17) is 0 Å². The van der Waals surface area contributed by atoms with E-state index in [0.29, 0.717) is 17.9 Å². The summed E-state index contributed by atoms with van der Waals surface area (Å²) in [6.45, 7) is 17.8. The van der Waals surface area contributed by atoms with Crippen molar-refractivity contribution in [1.29, 1.82) is 0 Å². The van der Waals surface area contributed by atoms with E-state index in [1.54, 1.807) is 5.06 Å². The van der Waals surface area contributed by atoms with Crippen molar-refractivity contribution >= 4 is 0 Å². The van der Waals surface area contributed by atoms with E-state index in [0.717, 1.165) is 18.4 Å². The molecule has 0 bridgehead atoms. The highest BCUT2D eigenvalue weighted by atomic mass is 16.5. The molecule has 172 valence electrons. The second-order valence-electron chi connectivity index (χ2n) is 10.9. The van der Waals surface area contributed by atoms with Crippen LogP contribution in [0.25, 0.3) is 0 Å². The zero-order valence-corrected chi connectivity index (χ0v) is 20.9. The summed E-state index contributed by atoms with van der Waals surface area (Å²) in [6.07, 6.45) is 1.85. The molecule has 0 aliphatic rings. The van der Waals surface area contributed by atoms with E-state index in [1.807, 2.05) is 18.2 Å². The predicted octanol–water partition coefficient (Wildman–Crippen LogP) is 7.40. The van der Waals surface area contributed by atoms with Crippen molar-refractivity contribution in [1.82, 2.24) is 10.4 Å². The fourth-order valence-corrected chi connectivity index (χ4v) is 4.36. The lowest BCUT2D eigenvalue weighted by molar-refractivity contribution is -0.208. The van der Waals surface area contributed by atoms with Crippen LogP contribution >= 0.6 is 0 Å². The average Bonchev–Trinajstić information content (AvgIpc) is 2.72. The largest absolute Gasteiger partial charge is 0.313 e. The summed E-state index contributed by atoms with van der Waals surface area (Å²) >= 11 is 0. The van der Waals surface area contributed by atoms with E-state index in [9.17, 15) is 5.21 Å². The van der Waals surface area contributed by atoms with E-state index < -0.39 is 0 Å². The van der Waals surface area contributed by atoms with Crippen LogP contribution in [0, 0.1) is 11.8 Å². The standard InChI is InChI=1S/C28H44N2O/c1-21(2)25(23-15-11-9-12-16-23)29-27(5,6)19-20-28(7,8)30(31)26(22(3)4)24-17-13-10-14-18-24/h9-18,21-22,25-26,29,31H,19-20H2,1-8H3. The molecule has 2 atom stereocenters. The van der Waals surface area contributed by atoms with Crippen LogP contribution in [-0.2, 0) is 0 Å².